The molecule has 1 aromatic rings. The molecule has 0 bridgehead atoms. The second-order valence-corrected chi connectivity index (χ2v) is 9.89. The minimum atomic E-state index is -0.525. The molecular weight excluding hydrogens is 368 g/mol. The zero-order valence-electron chi connectivity index (χ0n) is 18.9. The Morgan fingerprint density at radius 2 is 1.41 bits per heavy atom. The third kappa shape index (κ3) is 9.42. The van der Waals surface area contributed by atoms with E-state index in [2.05, 4.69) is 20.8 Å². The van der Waals surface area contributed by atoms with Gasteiger partial charge in [-0.1, -0.05) is 40.0 Å². The molecule has 0 fully saturated rings. The summed E-state index contributed by atoms with van der Waals surface area (Å²) < 4.78 is 5.04. The number of phenolic OH excluding ortho intramolecular Hbond substituents is 3. The van der Waals surface area contributed by atoms with E-state index in [1.807, 2.05) is 13.8 Å². The van der Waals surface area contributed by atoms with Crippen molar-refractivity contribution in [3.05, 3.63) is 17.2 Å². The van der Waals surface area contributed by atoms with Crippen LogP contribution in [0.3, 0.4) is 0 Å². The Balaban J connectivity index is 2.57. The van der Waals surface area contributed by atoms with Gasteiger partial charge in [0.05, 0.1) is 0 Å². The molecule has 5 nitrogen and oxygen atoms in total. The van der Waals surface area contributed by atoms with Crippen LogP contribution in [0.15, 0.2) is 6.07 Å². The first-order chi connectivity index (χ1) is 13.5. The zero-order valence-corrected chi connectivity index (χ0v) is 18.9. The van der Waals surface area contributed by atoms with Crippen molar-refractivity contribution in [2.45, 2.75) is 104 Å². The van der Waals surface area contributed by atoms with E-state index in [4.69, 9.17) is 4.74 Å². The van der Waals surface area contributed by atoms with Gasteiger partial charge in [0.1, 0.15) is 11.4 Å². The summed E-state index contributed by atoms with van der Waals surface area (Å²) in [6.45, 7) is 10.9. The SMILES string of the molecule is CC(C)(C)CCCCCCc1cc(O)c(O)c(CCCCC(C)(C)OC=O)c1O. The molecule has 0 heterocycles. The molecule has 0 aliphatic carbocycles. The number of unbranched alkanes of at least 4 members (excludes halogenated alkanes) is 4. The van der Waals surface area contributed by atoms with Crippen LogP contribution in [0.1, 0.15) is 97.1 Å². The molecule has 0 saturated heterocycles. The summed E-state index contributed by atoms with van der Waals surface area (Å²) in [4.78, 5) is 10.5. The predicted octanol–water partition coefficient (Wildman–Crippen LogP) is 6.01. The van der Waals surface area contributed by atoms with E-state index in [0.29, 0.717) is 48.7 Å². The lowest BCUT2D eigenvalue weighted by molar-refractivity contribution is -0.140. The fourth-order valence-corrected chi connectivity index (χ4v) is 3.56. The molecule has 0 spiro atoms. The zero-order chi connectivity index (χ0) is 22.1. The number of carbonyl (C=O) groups excluding carboxylic acids is 1. The average Bonchev–Trinajstić information content (AvgIpc) is 2.60. The Labute approximate surface area is 176 Å². The minimum Gasteiger partial charge on any atom is -0.507 e. The largest absolute Gasteiger partial charge is 0.507 e. The van der Waals surface area contributed by atoms with E-state index in [0.717, 1.165) is 25.7 Å². The van der Waals surface area contributed by atoms with Crippen molar-refractivity contribution in [2.75, 3.05) is 0 Å². The van der Waals surface area contributed by atoms with Crippen LogP contribution in [0.4, 0.5) is 0 Å². The van der Waals surface area contributed by atoms with Crippen molar-refractivity contribution < 1.29 is 24.9 Å². The maximum absolute atomic E-state index is 10.6. The minimum absolute atomic E-state index is 0.0957. The van der Waals surface area contributed by atoms with E-state index < -0.39 is 5.60 Å². The van der Waals surface area contributed by atoms with Gasteiger partial charge in [0, 0.05) is 5.56 Å². The van der Waals surface area contributed by atoms with Gasteiger partial charge in [-0.05, 0) is 75.8 Å². The summed E-state index contributed by atoms with van der Waals surface area (Å²) in [6, 6.07) is 1.48. The number of hydrogen-bond donors (Lipinski definition) is 3. The van der Waals surface area contributed by atoms with E-state index in [1.54, 1.807) is 0 Å². The number of carbonyl (C=O) groups is 1. The van der Waals surface area contributed by atoms with Crippen molar-refractivity contribution in [1.82, 2.24) is 0 Å². The van der Waals surface area contributed by atoms with Gasteiger partial charge in [-0.2, -0.15) is 0 Å². The maximum atomic E-state index is 10.6. The van der Waals surface area contributed by atoms with Gasteiger partial charge in [-0.15, -0.1) is 0 Å². The Hall–Kier alpha value is -1.91. The molecule has 1 aromatic carbocycles. The van der Waals surface area contributed by atoms with Crippen molar-refractivity contribution >= 4 is 6.47 Å². The first-order valence-electron chi connectivity index (χ1n) is 10.8. The Kier molecular flexibility index (Phi) is 9.81. The van der Waals surface area contributed by atoms with Gasteiger partial charge in [0.15, 0.2) is 11.5 Å². The van der Waals surface area contributed by atoms with Gasteiger partial charge < -0.3 is 20.1 Å². The fraction of sp³-hybridized carbons (Fsp3) is 0.708. The molecule has 0 atom stereocenters. The second kappa shape index (κ2) is 11.3. The third-order valence-corrected chi connectivity index (χ3v) is 5.38. The molecule has 5 heteroatoms. The Morgan fingerprint density at radius 3 is 2.03 bits per heavy atom. The van der Waals surface area contributed by atoms with Gasteiger partial charge >= 0.3 is 0 Å². The predicted molar refractivity (Wildman–Crippen MR) is 116 cm³/mol. The summed E-state index contributed by atoms with van der Waals surface area (Å²) >= 11 is 0. The molecule has 166 valence electrons. The van der Waals surface area contributed by atoms with Crippen LogP contribution in [0.25, 0.3) is 0 Å². The first kappa shape index (κ1) is 25.1. The van der Waals surface area contributed by atoms with Crippen LogP contribution >= 0.6 is 0 Å². The summed E-state index contributed by atoms with van der Waals surface area (Å²) in [5.74, 6) is -0.316. The number of aromatic hydroxyl groups is 3. The standard InChI is InChI=1S/C24H40O5/c1-23(2,3)14-10-7-6-8-12-18-16-20(26)22(28)19(21(18)27)13-9-11-15-24(4,5)29-17-25/h16-17,26-28H,6-15H2,1-5H3. The van der Waals surface area contributed by atoms with Crippen LogP contribution < -0.4 is 0 Å². The number of ether oxygens (including phenoxy) is 1. The van der Waals surface area contributed by atoms with Gasteiger partial charge in [-0.25, -0.2) is 0 Å². The van der Waals surface area contributed by atoms with E-state index in [1.165, 1.54) is 18.9 Å². The highest BCUT2D eigenvalue weighted by Crippen LogP contribution is 2.40. The number of rotatable bonds is 13. The molecule has 3 N–H and O–H groups in total. The molecule has 0 amide bonds. The lowest BCUT2D eigenvalue weighted by Crippen LogP contribution is -2.23. The highest BCUT2D eigenvalue weighted by atomic mass is 16.5. The number of benzene rings is 1. The smallest absolute Gasteiger partial charge is 0.293 e. The maximum Gasteiger partial charge on any atom is 0.293 e. The average molecular weight is 409 g/mol. The topological polar surface area (TPSA) is 87.0 Å². The first-order valence-corrected chi connectivity index (χ1v) is 10.8. The fourth-order valence-electron chi connectivity index (χ4n) is 3.56. The molecule has 29 heavy (non-hydrogen) atoms. The quantitative estimate of drug-likeness (QED) is 0.161. The van der Waals surface area contributed by atoms with Gasteiger partial charge in [0.2, 0.25) is 0 Å². The molecule has 0 saturated carbocycles. The third-order valence-electron chi connectivity index (χ3n) is 5.38. The molecule has 0 aliphatic heterocycles. The highest BCUT2D eigenvalue weighted by Gasteiger charge is 2.20. The van der Waals surface area contributed by atoms with Crippen molar-refractivity contribution in [3.63, 3.8) is 0 Å². The van der Waals surface area contributed by atoms with Crippen LogP contribution in [0, 0.1) is 5.41 Å². The molecule has 0 aliphatic rings. The van der Waals surface area contributed by atoms with Crippen molar-refractivity contribution in [2.24, 2.45) is 5.41 Å². The van der Waals surface area contributed by atoms with Crippen LogP contribution in [-0.2, 0) is 22.4 Å². The highest BCUT2D eigenvalue weighted by molar-refractivity contribution is 5.56. The monoisotopic (exact) mass is 408 g/mol. The van der Waals surface area contributed by atoms with E-state index >= 15 is 0 Å². The molecule has 0 unspecified atom stereocenters. The number of hydrogen-bond acceptors (Lipinski definition) is 5. The van der Waals surface area contributed by atoms with E-state index in [-0.39, 0.29) is 17.2 Å². The van der Waals surface area contributed by atoms with Crippen molar-refractivity contribution in [3.8, 4) is 17.2 Å². The van der Waals surface area contributed by atoms with Crippen LogP contribution in [0.2, 0.25) is 0 Å². The lowest BCUT2D eigenvalue weighted by atomic mass is 9.89. The molecule has 1 rings (SSSR count). The molecule has 0 radical (unpaired) electrons. The van der Waals surface area contributed by atoms with Crippen LogP contribution in [0.5, 0.6) is 17.2 Å². The Morgan fingerprint density at radius 1 is 0.828 bits per heavy atom. The summed E-state index contributed by atoms with van der Waals surface area (Å²) in [5, 5.41) is 30.9. The van der Waals surface area contributed by atoms with E-state index in [9.17, 15) is 20.1 Å². The summed E-state index contributed by atoms with van der Waals surface area (Å²) in [5.41, 5.74) is 0.936. The lowest BCUT2D eigenvalue weighted by Gasteiger charge is -2.22. The molecular formula is C24H40O5. The number of phenols is 3. The summed E-state index contributed by atoms with van der Waals surface area (Å²) in [7, 11) is 0. The normalized spacial score (nSPS) is 12.2. The summed E-state index contributed by atoms with van der Waals surface area (Å²) in [6.07, 6.45) is 8.91. The molecule has 0 aromatic heterocycles. The van der Waals surface area contributed by atoms with Gasteiger partial charge in [-0.3, -0.25) is 4.79 Å². The van der Waals surface area contributed by atoms with Gasteiger partial charge in [0.25, 0.3) is 6.47 Å². The number of aryl methyl sites for hydroxylation is 1. The van der Waals surface area contributed by atoms with Crippen LogP contribution in [-0.4, -0.2) is 27.4 Å². The Bertz CT molecular complexity index is 644. The second-order valence-electron chi connectivity index (χ2n) is 9.89. The van der Waals surface area contributed by atoms with Crippen molar-refractivity contribution in [1.29, 1.82) is 0 Å².